The van der Waals surface area contributed by atoms with Crippen LogP contribution in [0, 0.1) is 0 Å². The van der Waals surface area contributed by atoms with E-state index in [1.807, 2.05) is 26.8 Å². The van der Waals surface area contributed by atoms with E-state index < -0.39 is 0 Å². The average molecular weight is 126 g/mol. The monoisotopic (exact) mass is 126 g/mol. The molecule has 0 rings (SSSR count). The number of hydrogen-bond acceptors (Lipinski definition) is 2. The van der Waals surface area contributed by atoms with Crippen molar-refractivity contribution in [2.24, 2.45) is 11.5 Å². The minimum absolute atomic E-state index is 0.789. The van der Waals surface area contributed by atoms with Gasteiger partial charge in [0.15, 0.2) is 0 Å². The van der Waals surface area contributed by atoms with Crippen molar-refractivity contribution >= 4 is 0 Å². The zero-order chi connectivity index (χ0) is 7.44. The van der Waals surface area contributed by atoms with Crippen LogP contribution in [-0.4, -0.2) is 0 Å². The molecule has 9 heavy (non-hydrogen) atoms. The van der Waals surface area contributed by atoms with Gasteiger partial charge in [0.1, 0.15) is 0 Å². The number of hydrogen-bond donors (Lipinski definition) is 2. The predicted molar refractivity (Wildman–Crippen MR) is 40.5 cm³/mol. The molecule has 0 aliphatic rings. The maximum Gasteiger partial charge on any atom is 0.00792 e. The second-order valence-electron chi connectivity index (χ2n) is 2.25. The zero-order valence-corrected chi connectivity index (χ0v) is 6.23. The van der Waals surface area contributed by atoms with E-state index in [0.717, 1.165) is 17.0 Å². The third-order valence-corrected chi connectivity index (χ3v) is 1.07. The van der Waals surface area contributed by atoms with E-state index in [2.05, 4.69) is 0 Å². The summed E-state index contributed by atoms with van der Waals surface area (Å²) >= 11 is 0. The molecule has 0 spiro atoms. The van der Waals surface area contributed by atoms with Crippen LogP contribution in [0.4, 0.5) is 0 Å². The molecule has 0 bridgehead atoms. The minimum Gasteiger partial charge on any atom is -0.402 e. The molecule has 0 saturated heterocycles. The molecule has 4 N–H and O–H groups in total. The molecule has 0 aliphatic heterocycles. The van der Waals surface area contributed by atoms with E-state index in [1.165, 1.54) is 0 Å². The van der Waals surface area contributed by atoms with Crippen LogP contribution in [0.2, 0.25) is 0 Å². The van der Waals surface area contributed by atoms with Gasteiger partial charge >= 0.3 is 0 Å². The normalized spacial score (nSPS) is 15.2. The largest absolute Gasteiger partial charge is 0.402 e. The van der Waals surface area contributed by atoms with E-state index in [1.54, 1.807) is 0 Å². The lowest BCUT2D eigenvalue weighted by Gasteiger charge is -1.95. The molecule has 0 aromatic heterocycles. The first-order valence-electron chi connectivity index (χ1n) is 2.90. The van der Waals surface area contributed by atoms with Gasteiger partial charge in [-0.05, 0) is 32.4 Å². The molecule has 0 aliphatic carbocycles. The Morgan fingerprint density at radius 2 is 1.56 bits per heavy atom. The Morgan fingerprint density at radius 3 is 1.67 bits per heavy atom. The molecule has 0 aromatic rings. The second kappa shape index (κ2) is 3.17. The lowest BCUT2D eigenvalue weighted by Crippen LogP contribution is -1.96. The van der Waals surface area contributed by atoms with E-state index in [-0.39, 0.29) is 0 Å². The fourth-order valence-corrected chi connectivity index (χ4v) is 0.455. The van der Waals surface area contributed by atoms with Crippen LogP contribution in [0.15, 0.2) is 23.0 Å². The van der Waals surface area contributed by atoms with Crippen molar-refractivity contribution in [2.75, 3.05) is 0 Å². The first-order valence-corrected chi connectivity index (χ1v) is 2.90. The van der Waals surface area contributed by atoms with Crippen LogP contribution in [0.25, 0.3) is 0 Å². The minimum atomic E-state index is 0.789. The molecule has 0 radical (unpaired) electrons. The Balaban J connectivity index is 4.25. The molecular weight excluding hydrogens is 112 g/mol. The Labute approximate surface area is 56.2 Å². The van der Waals surface area contributed by atoms with Gasteiger partial charge in [-0.2, -0.15) is 0 Å². The molecule has 2 heteroatoms. The van der Waals surface area contributed by atoms with Crippen molar-refractivity contribution in [1.82, 2.24) is 0 Å². The summed E-state index contributed by atoms with van der Waals surface area (Å²) in [5.41, 5.74) is 13.5. The molecular formula is C7H14N2. The third kappa shape index (κ3) is 3.64. The summed E-state index contributed by atoms with van der Waals surface area (Å²) in [4.78, 5) is 0. The number of rotatable bonds is 1. The topological polar surface area (TPSA) is 52.0 Å². The Kier molecular flexibility index (Phi) is 2.85. The van der Waals surface area contributed by atoms with Gasteiger partial charge in [0, 0.05) is 11.4 Å². The van der Waals surface area contributed by atoms with Crippen molar-refractivity contribution in [3.8, 4) is 0 Å². The fraction of sp³-hybridized carbons (Fsp3) is 0.429. The molecule has 0 fully saturated rings. The van der Waals surface area contributed by atoms with Crippen LogP contribution < -0.4 is 11.5 Å². The molecule has 0 heterocycles. The van der Waals surface area contributed by atoms with Crippen molar-refractivity contribution in [1.29, 1.82) is 0 Å². The first-order chi connectivity index (χ1) is 4.04. The number of nitrogens with two attached hydrogens (primary N) is 2. The highest BCUT2D eigenvalue weighted by molar-refractivity contribution is 5.22. The molecule has 52 valence electrons. The predicted octanol–water partition coefficient (Wildman–Crippen LogP) is 1.10. The van der Waals surface area contributed by atoms with E-state index in [0.29, 0.717) is 0 Å². The highest BCUT2D eigenvalue weighted by atomic mass is 14.6. The quantitative estimate of drug-likeness (QED) is 0.517. The van der Waals surface area contributed by atoms with Crippen LogP contribution in [0.1, 0.15) is 20.8 Å². The first kappa shape index (κ1) is 8.08. The summed E-state index contributed by atoms with van der Waals surface area (Å²) in [5.74, 6) is 0. The molecule has 2 nitrogen and oxygen atoms in total. The smallest absolute Gasteiger partial charge is 0.00792 e. The Bertz CT molecular complexity index is 146. The summed E-state index contributed by atoms with van der Waals surface area (Å²) in [6.07, 6.45) is 1.86. The highest BCUT2D eigenvalue weighted by Crippen LogP contribution is 1.99. The van der Waals surface area contributed by atoms with E-state index >= 15 is 0 Å². The van der Waals surface area contributed by atoms with Crippen molar-refractivity contribution in [3.63, 3.8) is 0 Å². The van der Waals surface area contributed by atoms with Crippen molar-refractivity contribution in [2.45, 2.75) is 20.8 Å². The average Bonchev–Trinajstić information content (AvgIpc) is 1.63. The summed E-state index contributed by atoms with van der Waals surface area (Å²) in [7, 11) is 0. The summed E-state index contributed by atoms with van der Waals surface area (Å²) in [6, 6.07) is 0. The van der Waals surface area contributed by atoms with Gasteiger partial charge in [-0.15, -0.1) is 0 Å². The Hall–Kier alpha value is -0.920. The lowest BCUT2D eigenvalue weighted by molar-refractivity contribution is 1.21. The zero-order valence-electron chi connectivity index (χ0n) is 6.23. The van der Waals surface area contributed by atoms with Gasteiger partial charge in [0.2, 0.25) is 0 Å². The van der Waals surface area contributed by atoms with Crippen molar-refractivity contribution in [3.05, 3.63) is 23.0 Å². The Morgan fingerprint density at radius 1 is 1.11 bits per heavy atom. The SMILES string of the molecule is C/C(N)=C\C(C)=C(/C)N. The highest BCUT2D eigenvalue weighted by Gasteiger charge is 1.85. The third-order valence-electron chi connectivity index (χ3n) is 1.07. The van der Waals surface area contributed by atoms with Gasteiger partial charge < -0.3 is 11.5 Å². The van der Waals surface area contributed by atoms with Gasteiger partial charge in [-0.3, -0.25) is 0 Å². The molecule has 0 atom stereocenters. The fourth-order valence-electron chi connectivity index (χ4n) is 0.455. The van der Waals surface area contributed by atoms with Crippen LogP contribution in [-0.2, 0) is 0 Å². The van der Waals surface area contributed by atoms with Crippen LogP contribution in [0.5, 0.6) is 0 Å². The second-order valence-corrected chi connectivity index (χ2v) is 2.25. The molecule has 0 saturated carbocycles. The summed E-state index contributed by atoms with van der Waals surface area (Å²) < 4.78 is 0. The van der Waals surface area contributed by atoms with E-state index in [4.69, 9.17) is 11.5 Å². The van der Waals surface area contributed by atoms with Crippen LogP contribution in [0.3, 0.4) is 0 Å². The van der Waals surface area contributed by atoms with Gasteiger partial charge in [-0.1, -0.05) is 0 Å². The van der Waals surface area contributed by atoms with Gasteiger partial charge in [0.25, 0.3) is 0 Å². The van der Waals surface area contributed by atoms with Crippen molar-refractivity contribution < 1.29 is 0 Å². The molecule has 0 aromatic carbocycles. The van der Waals surface area contributed by atoms with Gasteiger partial charge in [0.05, 0.1) is 0 Å². The standard InChI is InChI=1S/C7H14N2/c1-5(7(3)9)4-6(2)8/h4H,8-9H2,1-3H3/b6-4+,7-5+. The van der Waals surface area contributed by atoms with Gasteiger partial charge in [-0.25, -0.2) is 0 Å². The summed E-state index contributed by atoms with van der Waals surface area (Å²) in [5, 5.41) is 0. The molecule has 0 unspecified atom stereocenters. The maximum absolute atomic E-state index is 5.46. The number of allylic oxidation sites excluding steroid dienone is 4. The molecule has 0 amide bonds. The van der Waals surface area contributed by atoms with Crippen LogP contribution >= 0.6 is 0 Å². The van der Waals surface area contributed by atoms with E-state index in [9.17, 15) is 0 Å². The lowest BCUT2D eigenvalue weighted by atomic mass is 10.2. The summed E-state index contributed by atoms with van der Waals surface area (Å²) in [6.45, 7) is 5.63. The maximum atomic E-state index is 5.46.